The first-order chi connectivity index (χ1) is 10.2. The molecule has 0 unspecified atom stereocenters. The first kappa shape index (κ1) is 14.4. The highest BCUT2D eigenvalue weighted by Crippen LogP contribution is 2.27. The number of aromatic amines is 1. The van der Waals surface area contributed by atoms with Crippen LogP contribution in [0.4, 0.5) is 0 Å². The molecule has 0 amide bonds. The molecule has 0 saturated heterocycles. The van der Waals surface area contributed by atoms with Gasteiger partial charge < -0.3 is 15.5 Å². The van der Waals surface area contributed by atoms with E-state index in [1.165, 1.54) is 12.8 Å². The maximum absolute atomic E-state index is 11.9. The Morgan fingerprint density at radius 3 is 2.86 bits per heavy atom. The number of benzene rings is 1. The number of hydrogen-bond donors (Lipinski definition) is 2. The standard InChI is InChI=1S/C16H23N3O2/c17-16(8-3-4-9-16)12-21-11-5-10-19-14-7-2-1-6-13(14)18-15(19)20/h1-2,6-7H,3-5,8-12,17H2,(H,18,20). The summed E-state index contributed by atoms with van der Waals surface area (Å²) in [6.45, 7) is 1.95. The molecule has 0 radical (unpaired) electrons. The van der Waals surface area contributed by atoms with Crippen molar-refractivity contribution in [3.05, 3.63) is 34.7 Å². The van der Waals surface area contributed by atoms with Gasteiger partial charge in [0.05, 0.1) is 17.6 Å². The minimum Gasteiger partial charge on any atom is -0.379 e. The molecule has 1 aromatic carbocycles. The van der Waals surface area contributed by atoms with Crippen molar-refractivity contribution >= 4 is 11.0 Å². The van der Waals surface area contributed by atoms with Gasteiger partial charge in [-0.15, -0.1) is 0 Å². The minimum atomic E-state index is -0.113. The summed E-state index contributed by atoms with van der Waals surface area (Å²) in [5.74, 6) is 0. The molecular weight excluding hydrogens is 266 g/mol. The summed E-state index contributed by atoms with van der Waals surface area (Å²) in [5, 5.41) is 0. The number of imidazole rings is 1. The van der Waals surface area contributed by atoms with Crippen LogP contribution in [0.15, 0.2) is 29.1 Å². The zero-order chi connectivity index (χ0) is 14.7. The van der Waals surface area contributed by atoms with Gasteiger partial charge in [-0.3, -0.25) is 4.57 Å². The van der Waals surface area contributed by atoms with Gasteiger partial charge in [-0.2, -0.15) is 0 Å². The number of nitrogens with zero attached hydrogens (tertiary/aromatic N) is 1. The molecule has 5 heteroatoms. The van der Waals surface area contributed by atoms with Gasteiger partial charge in [-0.25, -0.2) is 4.79 Å². The Kier molecular flexibility index (Phi) is 4.12. The lowest BCUT2D eigenvalue weighted by atomic mass is 10.0. The van der Waals surface area contributed by atoms with Crippen LogP contribution in [0, 0.1) is 0 Å². The van der Waals surface area contributed by atoms with E-state index >= 15 is 0 Å². The SMILES string of the molecule is NC1(COCCCn2c(=O)[nH]c3ccccc32)CCCC1. The Morgan fingerprint density at radius 2 is 2.05 bits per heavy atom. The lowest BCUT2D eigenvalue weighted by Gasteiger charge is -2.23. The zero-order valence-corrected chi connectivity index (χ0v) is 12.3. The van der Waals surface area contributed by atoms with Crippen LogP contribution >= 0.6 is 0 Å². The molecule has 1 aromatic heterocycles. The molecule has 114 valence electrons. The summed E-state index contributed by atoms with van der Waals surface area (Å²) >= 11 is 0. The van der Waals surface area contributed by atoms with Crippen molar-refractivity contribution in [3.8, 4) is 0 Å². The highest BCUT2D eigenvalue weighted by molar-refractivity contribution is 5.74. The second-order valence-electron chi connectivity index (χ2n) is 6.07. The third-order valence-corrected chi connectivity index (χ3v) is 4.34. The van der Waals surface area contributed by atoms with E-state index in [1.807, 2.05) is 24.3 Å². The fraction of sp³-hybridized carbons (Fsp3) is 0.562. The Bertz CT molecular complexity index is 653. The maximum atomic E-state index is 11.9. The van der Waals surface area contributed by atoms with Gasteiger partial charge in [-0.05, 0) is 31.4 Å². The highest BCUT2D eigenvalue weighted by atomic mass is 16.5. The average Bonchev–Trinajstić information content (AvgIpc) is 3.03. The van der Waals surface area contributed by atoms with Gasteiger partial charge >= 0.3 is 5.69 Å². The highest BCUT2D eigenvalue weighted by Gasteiger charge is 2.29. The van der Waals surface area contributed by atoms with E-state index in [2.05, 4.69) is 4.98 Å². The van der Waals surface area contributed by atoms with E-state index in [-0.39, 0.29) is 11.2 Å². The van der Waals surface area contributed by atoms with Crippen LogP contribution in [0.1, 0.15) is 32.1 Å². The van der Waals surface area contributed by atoms with Crippen molar-refractivity contribution in [2.45, 2.75) is 44.2 Å². The number of para-hydroxylation sites is 2. The van der Waals surface area contributed by atoms with E-state index < -0.39 is 0 Å². The van der Waals surface area contributed by atoms with Crippen LogP contribution in [0.2, 0.25) is 0 Å². The smallest absolute Gasteiger partial charge is 0.326 e. The van der Waals surface area contributed by atoms with Crippen molar-refractivity contribution in [1.29, 1.82) is 0 Å². The molecule has 0 bridgehead atoms. The van der Waals surface area contributed by atoms with Gasteiger partial charge in [0.15, 0.2) is 0 Å². The average molecular weight is 289 g/mol. The molecular formula is C16H23N3O2. The summed E-state index contributed by atoms with van der Waals surface area (Å²) in [4.78, 5) is 14.8. The predicted octanol–water partition coefficient (Wildman–Crippen LogP) is 2.01. The summed E-state index contributed by atoms with van der Waals surface area (Å²) in [6, 6.07) is 7.75. The van der Waals surface area contributed by atoms with E-state index in [0.29, 0.717) is 19.8 Å². The Hall–Kier alpha value is -1.59. The molecule has 1 saturated carbocycles. The number of hydrogen-bond acceptors (Lipinski definition) is 3. The fourth-order valence-corrected chi connectivity index (χ4v) is 3.15. The zero-order valence-electron chi connectivity index (χ0n) is 12.3. The number of aromatic nitrogens is 2. The van der Waals surface area contributed by atoms with Crippen LogP contribution in [-0.4, -0.2) is 28.3 Å². The van der Waals surface area contributed by atoms with E-state index in [1.54, 1.807) is 4.57 Å². The van der Waals surface area contributed by atoms with Crippen LogP contribution in [-0.2, 0) is 11.3 Å². The van der Waals surface area contributed by atoms with Gasteiger partial charge in [0.2, 0.25) is 0 Å². The summed E-state index contributed by atoms with van der Waals surface area (Å²) < 4.78 is 7.49. The van der Waals surface area contributed by atoms with E-state index in [0.717, 1.165) is 30.3 Å². The molecule has 1 aliphatic rings. The molecule has 21 heavy (non-hydrogen) atoms. The monoisotopic (exact) mass is 289 g/mol. The molecule has 1 fully saturated rings. The number of aryl methyl sites for hydroxylation is 1. The lowest BCUT2D eigenvalue weighted by Crippen LogP contribution is -2.41. The van der Waals surface area contributed by atoms with Gasteiger partial charge in [0.25, 0.3) is 0 Å². The molecule has 5 nitrogen and oxygen atoms in total. The number of H-pyrrole nitrogens is 1. The lowest BCUT2D eigenvalue weighted by molar-refractivity contribution is 0.0831. The molecule has 2 aromatic rings. The first-order valence-corrected chi connectivity index (χ1v) is 7.72. The second-order valence-corrected chi connectivity index (χ2v) is 6.07. The summed E-state index contributed by atoms with van der Waals surface area (Å²) in [5.41, 5.74) is 7.92. The van der Waals surface area contributed by atoms with Crippen molar-refractivity contribution < 1.29 is 4.74 Å². The van der Waals surface area contributed by atoms with Crippen molar-refractivity contribution in [3.63, 3.8) is 0 Å². The number of nitrogens with two attached hydrogens (primary N) is 1. The molecule has 0 aliphatic heterocycles. The van der Waals surface area contributed by atoms with Crippen LogP contribution in [0.25, 0.3) is 11.0 Å². The normalized spacial score (nSPS) is 17.6. The number of rotatable bonds is 6. The van der Waals surface area contributed by atoms with E-state index in [9.17, 15) is 4.79 Å². The van der Waals surface area contributed by atoms with Gasteiger partial charge in [0, 0.05) is 18.7 Å². The molecule has 3 rings (SSSR count). The van der Waals surface area contributed by atoms with Gasteiger partial charge in [0.1, 0.15) is 0 Å². The molecule has 0 atom stereocenters. The van der Waals surface area contributed by atoms with Crippen LogP contribution in [0.5, 0.6) is 0 Å². The third-order valence-electron chi connectivity index (χ3n) is 4.34. The Balaban J connectivity index is 1.51. The number of fused-ring (bicyclic) bond motifs is 1. The fourth-order valence-electron chi connectivity index (χ4n) is 3.15. The number of nitrogens with one attached hydrogen (secondary N) is 1. The quantitative estimate of drug-likeness (QED) is 0.799. The molecule has 3 N–H and O–H groups in total. The van der Waals surface area contributed by atoms with Crippen LogP contribution < -0.4 is 11.4 Å². The second kappa shape index (κ2) is 6.03. The summed E-state index contributed by atoms with van der Waals surface area (Å²) in [7, 11) is 0. The minimum absolute atomic E-state index is 0.0534. The maximum Gasteiger partial charge on any atom is 0.326 e. The van der Waals surface area contributed by atoms with Crippen molar-refractivity contribution in [1.82, 2.24) is 9.55 Å². The topological polar surface area (TPSA) is 73.0 Å². The molecule has 1 heterocycles. The van der Waals surface area contributed by atoms with Gasteiger partial charge in [-0.1, -0.05) is 25.0 Å². The molecule has 1 aliphatic carbocycles. The summed E-state index contributed by atoms with van der Waals surface area (Å²) in [6.07, 6.45) is 5.37. The Labute approximate surface area is 124 Å². The van der Waals surface area contributed by atoms with Crippen LogP contribution in [0.3, 0.4) is 0 Å². The first-order valence-electron chi connectivity index (χ1n) is 7.72. The molecule has 0 spiro atoms. The third kappa shape index (κ3) is 3.19. The predicted molar refractivity (Wildman–Crippen MR) is 83.4 cm³/mol. The van der Waals surface area contributed by atoms with Crippen molar-refractivity contribution in [2.75, 3.05) is 13.2 Å². The van der Waals surface area contributed by atoms with E-state index in [4.69, 9.17) is 10.5 Å². The van der Waals surface area contributed by atoms with Crippen molar-refractivity contribution in [2.24, 2.45) is 5.73 Å². The number of ether oxygens (including phenoxy) is 1. The Morgan fingerprint density at radius 1 is 1.29 bits per heavy atom. The largest absolute Gasteiger partial charge is 0.379 e.